The molecule has 0 aromatic carbocycles. The Hall–Kier alpha value is 0.260. The zero-order chi connectivity index (χ0) is 22.4. The van der Waals surface area contributed by atoms with Crippen molar-refractivity contribution in [1.82, 2.24) is 0 Å². The molecule has 0 rings (SSSR count). The predicted octanol–water partition coefficient (Wildman–Crippen LogP) is 8.23. The van der Waals surface area contributed by atoms with E-state index in [0.717, 1.165) is 12.8 Å². The van der Waals surface area contributed by atoms with Crippen molar-refractivity contribution in [3.05, 3.63) is 0 Å². The summed E-state index contributed by atoms with van der Waals surface area (Å²) in [5, 5.41) is 0. The summed E-state index contributed by atoms with van der Waals surface area (Å²) >= 11 is 0. The second kappa shape index (κ2) is 21.5. The van der Waals surface area contributed by atoms with Gasteiger partial charge >= 0.3 is 0 Å². The molecule has 180 valence electrons. The largest absolute Gasteiger partial charge is 0.286 e. The van der Waals surface area contributed by atoms with Gasteiger partial charge in [-0.2, -0.15) is 8.42 Å². The standard InChI is InChI=1S/C16H36S.C8H18O3S/c1-5-9-13-17(14-10-6-2,15-11-7-3)16-12-8-4;1-2-3-4-5-6-7-8-12(9,10)11/h5-16H2,1-4H3;2-8H2,1H3,(H,9,10,11). The van der Waals surface area contributed by atoms with Gasteiger partial charge in [-0.1, -0.05) is 92.4 Å². The van der Waals surface area contributed by atoms with E-state index in [1.165, 1.54) is 70.6 Å². The topological polar surface area (TPSA) is 54.4 Å². The molecule has 0 bridgehead atoms. The van der Waals surface area contributed by atoms with Crippen molar-refractivity contribution in [1.29, 1.82) is 0 Å². The maximum Gasteiger partial charge on any atom is 0.264 e. The maximum atomic E-state index is 10.3. The maximum absolute atomic E-state index is 10.3. The van der Waals surface area contributed by atoms with E-state index in [1.54, 1.807) is 23.0 Å². The SMILES string of the molecule is CCCCCCCCS(=O)(=O)O.CCCCS(CCCC)(CCCC)CCCC. The number of rotatable bonds is 19. The van der Waals surface area contributed by atoms with Gasteiger partial charge in [0.2, 0.25) is 0 Å². The van der Waals surface area contributed by atoms with Gasteiger partial charge in [0, 0.05) is 0 Å². The third-order valence-corrected chi connectivity index (χ3v) is 10.9. The van der Waals surface area contributed by atoms with Gasteiger partial charge < -0.3 is 0 Å². The zero-order valence-electron chi connectivity index (χ0n) is 20.5. The van der Waals surface area contributed by atoms with E-state index in [-0.39, 0.29) is 15.8 Å². The molecule has 0 spiro atoms. The van der Waals surface area contributed by atoms with E-state index in [2.05, 4.69) is 34.6 Å². The van der Waals surface area contributed by atoms with Crippen LogP contribution in [0.2, 0.25) is 0 Å². The molecule has 0 amide bonds. The normalized spacial score (nSPS) is 12.5. The van der Waals surface area contributed by atoms with Crippen LogP contribution in [0.15, 0.2) is 0 Å². The Balaban J connectivity index is 0. The molecule has 0 aromatic rings. The highest BCUT2D eigenvalue weighted by atomic mass is 32.3. The van der Waals surface area contributed by atoms with Gasteiger partial charge in [-0.05, 0) is 55.1 Å². The lowest BCUT2D eigenvalue weighted by atomic mass is 10.1. The van der Waals surface area contributed by atoms with Crippen LogP contribution in [0.25, 0.3) is 0 Å². The van der Waals surface area contributed by atoms with Crippen LogP contribution in [-0.2, 0) is 10.1 Å². The summed E-state index contributed by atoms with van der Waals surface area (Å²) in [5.74, 6) is 6.21. The third kappa shape index (κ3) is 22.8. The molecule has 3 nitrogen and oxygen atoms in total. The monoisotopic (exact) mass is 454 g/mol. The molecular formula is C24H54O3S2. The van der Waals surface area contributed by atoms with E-state index >= 15 is 0 Å². The minimum Gasteiger partial charge on any atom is -0.286 e. The summed E-state index contributed by atoms with van der Waals surface area (Å²) in [4.78, 5) is 0. The molecule has 0 atom stereocenters. The molecule has 0 heterocycles. The Kier molecular flexibility index (Phi) is 23.3. The van der Waals surface area contributed by atoms with Crippen molar-refractivity contribution in [3.63, 3.8) is 0 Å². The van der Waals surface area contributed by atoms with Gasteiger partial charge in [0.25, 0.3) is 10.1 Å². The summed E-state index contributed by atoms with van der Waals surface area (Å²) in [5.41, 5.74) is 0. The highest BCUT2D eigenvalue weighted by Gasteiger charge is 2.21. The van der Waals surface area contributed by atoms with Crippen LogP contribution in [0.4, 0.5) is 0 Å². The summed E-state index contributed by atoms with van der Waals surface area (Å²) in [6, 6.07) is 0. The fourth-order valence-electron chi connectivity index (χ4n) is 3.48. The minimum atomic E-state index is -3.72. The molecule has 1 N–H and O–H groups in total. The summed E-state index contributed by atoms with van der Waals surface area (Å²) in [6.45, 7) is 11.5. The number of hydrogen-bond donors (Lipinski definition) is 1. The van der Waals surface area contributed by atoms with E-state index in [9.17, 15) is 8.42 Å². The Morgan fingerprint density at radius 2 is 0.759 bits per heavy atom. The van der Waals surface area contributed by atoms with Crippen LogP contribution in [0.5, 0.6) is 0 Å². The summed E-state index contributed by atoms with van der Waals surface area (Å²) in [7, 11) is -3.96. The highest BCUT2D eigenvalue weighted by molar-refractivity contribution is 8.33. The Morgan fingerprint density at radius 3 is 1.07 bits per heavy atom. The average Bonchev–Trinajstić information content (AvgIpc) is 2.69. The van der Waals surface area contributed by atoms with Gasteiger partial charge in [-0.15, -0.1) is 0 Å². The first-order valence-electron chi connectivity index (χ1n) is 12.5. The highest BCUT2D eigenvalue weighted by Crippen LogP contribution is 2.51. The molecule has 0 saturated carbocycles. The zero-order valence-corrected chi connectivity index (χ0v) is 22.1. The first-order chi connectivity index (χ1) is 13.8. The molecular weight excluding hydrogens is 400 g/mol. The number of unbranched alkanes of at least 4 members (excludes halogenated alkanes) is 9. The molecule has 0 saturated heterocycles. The summed E-state index contributed by atoms with van der Waals surface area (Å²) in [6.07, 6.45) is 17.6. The number of hydrogen-bond acceptors (Lipinski definition) is 2. The first-order valence-corrected chi connectivity index (χ1v) is 16.4. The van der Waals surface area contributed by atoms with Gasteiger partial charge in [-0.3, -0.25) is 4.55 Å². The Bertz CT molecular complexity index is 384. The van der Waals surface area contributed by atoms with Gasteiger partial charge in [-0.25, -0.2) is 10.0 Å². The van der Waals surface area contributed by atoms with Crippen molar-refractivity contribution in [2.24, 2.45) is 0 Å². The molecule has 0 unspecified atom stereocenters. The van der Waals surface area contributed by atoms with Crippen molar-refractivity contribution < 1.29 is 13.0 Å². The van der Waals surface area contributed by atoms with Gasteiger partial charge in [0.1, 0.15) is 0 Å². The second-order valence-electron chi connectivity index (χ2n) is 8.51. The van der Waals surface area contributed by atoms with Crippen LogP contribution in [-0.4, -0.2) is 41.7 Å². The molecule has 0 fully saturated rings. The summed E-state index contributed by atoms with van der Waals surface area (Å²) < 4.78 is 28.9. The lowest BCUT2D eigenvalue weighted by Crippen LogP contribution is -2.18. The quantitative estimate of drug-likeness (QED) is 0.158. The first kappa shape index (κ1) is 31.4. The second-order valence-corrected chi connectivity index (χ2v) is 14.2. The van der Waals surface area contributed by atoms with Crippen molar-refractivity contribution in [2.75, 3.05) is 28.8 Å². The molecule has 5 heteroatoms. The Labute approximate surface area is 186 Å². The fraction of sp³-hybridized carbons (Fsp3) is 1.00. The molecule has 0 aliphatic heterocycles. The van der Waals surface area contributed by atoms with Gasteiger partial charge in [0.05, 0.1) is 5.75 Å². The van der Waals surface area contributed by atoms with E-state index in [0.29, 0.717) is 6.42 Å². The van der Waals surface area contributed by atoms with E-state index in [4.69, 9.17) is 4.55 Å². The molecule has 0 aromatic heterocycles. The van der Waals surface area contributed by atoms with Crippen molar-refractivity contribution in [3.8, 4) is 0 Å². The van der Waals surface area contributed by atoms with Crippen molar-refractivity contribution in [2.45, 2.75) is 125 Å². The van der Waals surface area contributed by atoms with Crippen LogP contribution >= 0.6 is 10.0 Å². The third-order valence-electron chi connectivity index (χ3n) is 5.48. The van der Waals surface area contributed by atoms with Gasteiger partial charge in [0.15, 0.2) is 0 Å². The smallest absolute Gasteiger partial charge is 0.264 e. The van der Waals surface area contributed by atoms with Crippen LogP contribution in [0.1, 0.15) is 125 Å². The minimum absolute atomic E-state index is 0.0842. The van der Waals surface area contributed by atoms with Crippen LogP contribution in [0, 0.1) is 0 Å². The van der Waals surface area contributed by atoms with E-state index in [1.807, 2.05) is 0 Å². The lowest BCUT2D eigenvalue weighted by Gasteiger charge is -2.41. The fourth-order valence-corrected chi connectivity index (χ4v) is 8.88. The Morgan fingerprint density at radius 1 is 0.448 bits per heavy atom. The van der Waals surface area contributed by atoms with Crippen LogP contribution < -0.4 is 0 Å². The van der Waals surface area contributed by atoms with E-state index < -0.39 is 10.1 Å². The lowest BCUT2D eigenvalue weighted by molar-refractivity contribution is 0.478. The molecule has 0 aliphatic rings. The van der Waals surface area contributed by atoms with Crippen molar-refractivity contribution >= 4 is 20.1 Å². The average molecular weight is 455 g/mol. The van der Waals surface area contributed by atoms with Crippen LogP contribution in [0.3, 0.4) is 0 Å². The molecule has 0 aliphatic carbocycles. The molecule has 29 heavy (non-hydrogen) atoms. The predicted molar refractivity (Wildman–Crippen MR) is 136 cm³/mol. The molecule has 0 radical (unpaired) electrons.